The lowest BCUT2D eigenvalue weighted by atomic mass is 10.1. The van der Waals surface area contributed by atoms with Gasteiger partial charge in [0.2, 0.25) is 0 Å². The largest absolute Gasteiger partial charge is 0.387 e. The fraction of sp³-hybridized carbons (Fsp3) is 0.500. The van der Waals surface area contributed by atoms with E-state index in [0.717, 1.165) is 0 Å². The Hall–Kier alpha value is -1.64. The molecule has 0 aliphatic heterocycles. The van der Waals surface area contributed by atoms with Crippen LogP contribution in [0.25, 0.3) is 0 Å². The molecule has 0 amide bonds. The number of pyridine rings is 1. The van der Waals surface area contributed by atoms with Crippen LogP contribution in [0.15, 0.2) is 18.3 Å². The highest BCUT2D eigenvalue weighted by molar-refractivity contribution is 5.39. The molecule has 0 fully saturated rings. The molecule has 92 valence electrons. The quantitative estimate of drug-likeness (QED) is 0.783. The SMILES string of the molecule is CN(C)CC(C)(O)CNc1ccc(C#N)cn1. The van der Waals surface area contributed by atoms with Gasteiger partial charge in [-0.3, -0.25) is 0 Å². The zero-order chi connectivity index (χ0) is 12.9. The van der Waals surface area contributed by atoms with E-state index in [4.69, 9.17) is 5.26 Å². The highest BCUT2D eigenvalue weighted by Crippen LogP contribution is 2.08. The number of anilines is 1. The van der Waals surface area contributed by atoms with Crippen molar-refractivity contribution in [2.45, 2.75) is 12.5 Å². The predicted octanol–water partition coefficient (Wildman–Crippen LogP) is 0.678. The van der Waals surface area contributed by atoms with Crippen molar-refractivity contribution in [2.75, 3.05) is 32.5 Å². The van der Waals surface area contributed by atoms with E-state index >= 15 is 0 Å². The van der Waals surface area contributed by atoms with Gasteiger partial charge in [0.15, 0.2) is 0 Å². The minimum absolute atomic E-state index is 0.407. The summed E-state index contributed by atoms with van der Waals surface area (Å²) in [7, 11) is 3.82. The Morgan fingerprint density at radius 1 is 1.53 bits per heavy atom. The number of aliphatic hydroxyl groups is 1. The van der Waals surface area contributed by atoms with Gasteiger partial charge in [0.25, 0.3) is 0 Å². The number of rotatable bonds is 5. The van der Waals surface area contributed by atoms with E-state index in [9.17, 15) is 5.11 Å². The molecule has 17 heavy (non-hydrogen) atoms. The van der Waals surface area contributed by atoms with Crippen molar-refractivity contribution < 1.29 is 5.11 Å². The summed E-state index contributed by atoms with van der Waals surface area (Å²) >= 11 is 0. The van der Waals surface area contributed by atoms with E-state index in [1.807, 2.05) is 25.1 Å². The van der Waals surface area contributed by atoms with E-state index < -0.39 is 5.60 Å². The Kier molecular flexibility index (Phi) is 4.44. The fourth-order valence-corrected chi connectivity index (χ4v) is 1.58. The van der Waals surface area contributed by atoms with Crippen LogP contribution < -0.4 is 5.32 Å². The second-order valence-corrected chi connectivity index (χ2v) is 4.63. The first-order chi connectivity index (χ1) is 7.93. The van der Waals surface area contributed by atoms with Crippen LogP contribution in [-0.2, 0) is 0 Å². The molecule has 0 aliphatic carbocycles. The summed E-state index contributed by atoms with van der Waals surface area (Å²) < 4.78 is 0. The molecule has 5 nitrogen and oxygen atoms in total. The number of nitrogens with one attached hydrogen (secondary N) is 1. The van der Waals surface area contributed by atoms with E-state index in [2.05, 4.69) is 10.3 Å². The monoisotopic (exact) mass is 234 g/mol. The lowest BCUT2D eigenvalue weighted by Crippen LogP contribution is -2.43. The summed E-state index contributed by atoms with van der Waals surface area (Å²) in [6.45, 7) is 2.74. The van der Waals surface area contributed by atoms with Gasteiger partial charge in [0, 0.05) is 19.3 Å². The second kappa shape index (κ2) is 5.62. The molecule has 0 radical (unpaired) electrons. The third-order valence-corrected chi connectivity index (χ3v) is 2.20. The highest BCUT2D eigenvalue weighted by Gasteiger charge is 2.20. The Bertz CT molecular complexity index is 392. The van der Waals surface area contributed by atoms with Gasteiger partial charge in [0.1, 0.15) is 11.9 Å². The number of likely N-dealkylation sites (N-methyl/N-ethyl adjacent to an activating group) is 1. The smallest absolute Gasteiger partial charge is 0.126 e. The Morgan fingerprint density at radius 3 is 2.71 bits per heavy atom. The number of nitrogens with zero attached hydrogens (tertiary/aromatic N) is 3. The molecule has 0 saturated carbocycles. The third kappa shape index (κ3) is 4.81. The second-order valence-electron chi connectivity index (χ2n) is 4.63. The molecule has 0 aromatic carbocycles. The summed E-state index contributed by atoms with van der Waals surface area (Å²) in [5.74, 6) is 0.656. The Balaban J connectivity index is 2.52. The van der Waals surface area contributed by atoms with Crippen molar-refractivity contribution in [1.29, 1.82) is 5.26 Å². The fourth-order valence-electron chi connectivity index (χ4n) is 1.58. The summed E-state index contributed by atoms with van der Waals surface area (Å²) in [5, 5.41) is 21.7. The van der Waals surface area contributed by atoms with Gasteiger partial charge in [-0.25, -0.2) is 4.98 Å². The zero-order valence-electron chi connectivity index (χ0n) is 10.4. The summed E-state index contributed by atoms with van der Waals surface area (Å²) in [6.07, 6.45) is 1.50. The molecule has 0 saturated heterocycles. The van der Waals surface area contributed by atoms with Crippen molar-refractivity contribution in [2.24, 2.45) is 0 Å². The molecule has 5 heteroatoms. The maximum Gasteiger partial charge on any atom is 0.126 e. The summed E-state index contributed by atoms with van der Waals surface area (Å²) in [4.78, 5) is 6.00. The molecule has 2 N–H and O–H groups in total. The summed E-state index contributed by atoms with van der Waals surface area (Å²) in [6, 6.07) is 5.42. The van der Waals surface area contributed by atoms with Gasteiger partial charge in [-0.05, 0) is 33.2 Å². The molecule has 1 rings (SSSR count). The predicted molar refractivity (Wildman–Crippen MR) is 66.6 cm³/mol. The molecule has 0 spiro atoms. The Labute approximate surface area is 102 Å². The molecule has 1 atom stereocenters. The van der Waals surface area contributed by atoms with Gasteiger partial charge in [-0.15, -0.1) is 0 Å². The topological polar surface area (TPSA) is 72.2 Å². The van der Waals surface area contributed by atoms with Crippen LogP contribution in [0.5, 0.6) is 0 Å². The average Bonchev–Trinajstić information content (AvgIpc) is 2.25. The molecular weight excluding hydrogens is 216 g/mol. The Morgan fingerprint density at radius 2 is 2.24 bits per heavy atom. The maximum absolute atomic E-state index is 10.1. The van der Waals surface area contributed by atoms with Crippen LogP contribution in [-0.4, -0.2) is 47.8 Å². The van der Waals surface area contributed by atoms with E-state index in [1.165, 1.54) is 6.20 Å². The van der Waals surface area contributed by atoms with Crippen LogP contribution in [0.1, 0.15) is 12.5 Å². The van der Waals surface area contributed by atoms with Crippen molar-refractivity contribution >= 4 is 5.82 Å². The van der Waals surface area contributed by atoms with Gasteiger partial charge in [0.05, 0.1) is 11.2 Å². The molecule has 1 aromatic heterocycles. The van der Waals surface area contributed by atoms with E-state index in [1.54, 1.807) is 19.1 Å². The summed E-state index contributed by atoms with van der Waals surface area (Å²) in [5.41, 5.74) is -0.297. The molecule has 1 heterocycles. The van der Waals surface area contributed by atoms with Gasteiger partial charge in [-0.2, -0.15) is 5.26 Å². The first kappa shape index (κ1) is 13.4. The number of hydrogen-bond donors (Lipinski definition) is 2. The van der Waals surface area contributed by atoms with Crippen LogP contribution >= 0.6 is 0 Å². The van der Waals surface area contributed by atoms with Crippen molar-refractivity contribution in [1.82, 2.24) is 9.88 Å². The van der Waals surface area contributed by atoms with Gasteiger partial charge in [-0.1, -0.05) is 0 Å². The van der Waals surface area contributed by atoms with Crippen LogP contribution in [0.2, 0.25) is 0 Å². The molecule has 0 bridgehead atoms. The van der Waals surface area contributed by atoms with Crippen LogP contribution in [0, 0.1) is 11.3 Å². The maximum atomic E-state index is 10.1. The molecule has 1 unspecified atom stereocenters. The number of hydrogen-bond acceptors (Lipinski definition) is 5. The lowest BCUT2D eigenvalue weighted by Gasteiger charge is -2.27. The minimum atomic E-state index is -0.820. The first-order valence-corrected chi connectivity index (χ1v) is 5.40. The normalized spacial score (nSPS) is 14.1. The van der Waals surface area contributed by atoms with Crippen molar-refractivity contribution in [3.63, 3.8) is 0 Å². The van der Waals surface area contributed by atoms with Crippen molar-refractivity contribution in [3.05, 3.63) is 23.9 Å². The number of nitriles is 1. The van der Waals surface area contributed by atoms with Gasteiger partial charge >= 0.3 is 0 Å². The first-order valence-electron chi connectivity index (χ1n) is 5.40. The standard InChI is InChI=1S/C12H18N4O/c1-12(17,9-16(2)3)8-15-11-5-4-10(6-13)7-14-11/h4-5,7,17H,8-9H2,1-3H3,(H,14,15). The molecule has 0 aliphatic rings. The van der Waals surface area contributed by atoms with Crippen LogP contribution in [0.3, 0.4) is 0 Å². The minimum Gasteiger partial charge on any atom is -0.387 e. The van der Waals surface area contributed by atoms with Crippen LogP contribution in [0.4, 0.5) is 5.82 Å². The van der Waals surface area contributed by atoms with E-state index in [0.29, 0.717) is 24.5 Å². The third-order valence-electron chi connectivity index (χ3n) is 2.20. The average molecular weight is 234 g/mol. The lowest BCUT2D eigenvalue weighted by molar-refractivity contribution is 0.0459. The van der Waals surface area contributed by atoms with E-state index in [-0.39, 0.29) is 0 Å². The highest BCUT2D eigenvalue weighted by atomic mass is 16.3. The van der Waals surface area contributed by atoms with Crippen molar-refractivity contribution in [3.8, 4) is 6.07 Å². The number of aromatic nitrogens is 1. The zero-order valence-corrected chi connectivity index (χ0v) is 10.4. The van der Waals surface area contributed by atoms with Gasteiger partial charge < -0.3 is 15.3 Å². The molecular formula is C12H18N4O. The molecule has 1 aromatic rings.